The van der Waals surface area contributed by atoms with Crippen LogP contribution >= 0.6 is 0 Å². The molecule has 0 spiro atoms. The first-order valence-corrected chi connectivity index (χ1v) is 6.12. The minimum atomic E-state index is -2.72. The first-order chi connectivity index (χ1) is 7.43. The second-order valence-electron chi connectivity index (χ2n) is 4.56. The fraction of sp³-hybridized carbons (Fsp3) is 0.917. The highest BCUT2D eigenvalue weighted by molar-refractivity contribution is 5.83. The molecule has 0 radical (unpaired) electrons. The first-order valence-electron chi connectivity index (χ1n) is 6.12. The number of amides is 1. The largest absolute Gasteiger partial charge is 0.339 e. The minimum absolute atomic E-state index is 0.124. The Kier molecular flexibility index (Phi) is 3.92. The molecule has 0 aromatic carbocycles. The summed E-state index contributed by atoms with van der Waals surface area (Å²) in [5.74, 6) is -3.64. The topological polar surface area (TPSA) is 20.3 Å². The number of nitrogens with zero attached hydrogens (tertiary/aromatic N) is 1. The molecule has 94 valence electrons. The summed E-state index contributed by atoms with van der Waals surface area (Å²) in [7, 11) is 0. The minimum Gasteiger partial charge on any atom is -0.339 e. The van der Waals surface area contributed by atoms with Crippen LogP contribution in [-0.2, 0) is 4.79 Å². The molecule has 2 aliphatic rings. The van der Waals surface area contributed by atoms with Crippen molar-refractivity contribution in [3.05, 3.63) is 0 Å². The second kappa shape index (κ2) is 4.68. The smallest absolute Gasteiger partial charge is 0.260 e. The molecule has 1 saturated heterocycles. The van der Waals surface area contributed by atoms with Crippen LogP contribution in [0.1, 0.15) is 40.5 Å². The molecule has 1 heterocycles. The molecular weight excluding hydrogens is 212 g/mol. The fourth-order valence-corrected chi connectivity index (χ4v) is 2.09. The maximum absolute atomic E-state index is 12.7. The summed E-state index contributed by atoms with van der Waals surface area (Å²) in [6.45, 7) is 8.65. The predicted octanol–water partition coefficient (Wildman–Crippen LogP) is 2.92. The summed E-state index contributed by atoms with van der Waals surface area (Å²) in [6.07, 6.45) is 0.689. The van der Waals surface area contributed by atoms with E-state index >= 15 is 0 Å². The molecule has 0 bridgehead atoms. The van der Waals surface area contributed by atoms with Gasteiger partial charge in [-0.3, -0.25) is 4.79 Å². The van der Waals surface area contributed by atoms with Gasteiger partial charge < -0.3 is 4.90 Å². The molecule has 1 amide bonds. The van der Waals surface area contributed by atoms with E-state index in [4.69, 9.17) is 0 Å². The summed E-state index contributed by atoms with van der Waals surface area (Å²) in [6, 6.07) is 0.124. The Morgan fingerprint density at radius 2 is 1.81 bits per heavy atom. The first kappa shape index (κ1) is 13.4. The molecule has 1 aliphatic carbocycles. The van der Waals surface area contributed by atoms with Crippen LogP contribution in [0.4, 0.5) is 8.78 Å². The van der Waals surface area contributed by atoms with Crippen molar-refractivity contribution in [1.29, 1.82) is 0 Å². The summed E-state index contributed by atoms with van der Waals surface area (Å²) < 4.78 is 25.4. The zero-order valence-corrected chi connectivity index (χ0v) is 10.5. The van der Waals surface area contributed by atoms with Gasteiger partial charge in [-0.25, -0.2) is 8.78 Å². The lowest BCUT2D eigenvalue weighted by Gasteiger charge is -2.23. The van der Waals surface area contributed by atoms with E-state index in [9.17, 15) is 13.6 Å². The molecule has 4 heteroatoms. The van der Waals surface area contributed by atoms with Crippen molar-refractivity contribution in [3.8, 4) is 0 Å². The lowest BCUT2D eigenvalue weighted by molar-refractivity contribution is -0.135. The van der Waals surface area contributed by atoms with Crippen LogP contribution in [0.5, 0.6) is 0 Å². The Morgan fingerprint density at radius 3 is 2.12 bits per heavy atom. The third-order valence-corrected chi connectivity index (χ3v) is 3.55. The number of carbonyl (C=O) groups excluding carboxylic acids is 1. The molecule has 0 aromatic rings. The second-order valence-corrected chi connectivity index (χ2v) is 4.56. The number of likely N-dealkylation sites (tertiary alicyclic amines) is 1. The van der Waals surface area contributed by atoms with Crippen LogP contribution in [0.25, 0.3) is 0 Å². The van der Waals surface area contributed by atoms with Gasteiger partial charge in [0.2, 0.25) is 5.91 Å². The summed E-state index contributed by atoms with van der Waals surface area (Å²) >= 11 is 0. The number of alkyl halides is 2. The Labute approximate surface area is 96.0 Å². The van der Waals surface area contributed by atoms with Crippen LogP contribution in [0.2, 0.25) is 0 Å². The van der Waals surface area contributed by atoms with Gasteiger partial charge >= 0.3 is 0 Å². The van der Waals surface area contributed by atoms with Gasteiger partial charge in [-0.1, -0.05) is 20.8 Å². The van der Waals surface area contributed by atoms with Gasteiger partial charge in [0.05, 0.1) is 0 Å². The van der Waals surface area contributed by atoms with Crippen molar-refractivity contribution in [1.82, 2.24) is 4.90 Å². The predicted molar refractivity (Wildman–Crippen MR) is 59.4 cm³/mol. The molecule has 1 saturated carbocycles. The van der Waals surface area contributed by atoms with Crippen LogP contribution in [-0.4, -0.2) is 29.3 Å². The third-order valence-electron chi connectivity index (χ3n) is 3.55. The molecule has 2 rings (SSSR count). The van der Waals surface area contributed by atoms with Crippen molar-refractivity contribution in [2.75, 3.05) is 6.54 Å². The maximum Gasteiger partial charge on any atom is 0.260 e. The van der Waals surface area contributed by atoms with Crippen molar-refractivity contribution >= 4 is 5.91 Å². The zero-order chi connectivity index (χ0) is 12.5. The van der Waals surface area contributed by atoms with Gasteiger partial charge in [0, 0.05) is 19.0 Å². The number of carbonyl (C=O) groups is 1. The SMILES string of the molecule is CC.CC1CCN(C(=O)C2CC2(F)F)C1C. The molecule has 0 N–H and O–H groups in total. The Morgan fingerprint density at radius 1 is 1.31 bits per heavy atom. The van der Waals surface area contributed by atoms with Crippen LogP contribution in [0, 0.1) is 11.8 Å². The monoisotopic (exact) mass is 233 g/mol. The quantitative estimate of drug-likeness (QED) is 0.682. The number of halogens is 2. The van der Waals surface area contributed by atoms with E-state index in [0.29, 0.717) is 12.5 Å². The summed E-state index contributed by atoms with van der Waals surface area (Å²) in [5, 5.41) is 0. The maximum atomic E-state index is 12.7. The average molecular weight is 233 g/mol. The molecular formula is C12H21F2NO. The van der Waals surface area contributed by atoms with E-state index in [0.717, 1.165) is 6.42 Å². The van der Waals surface area contributed by atoms with E-state index in [-0.39, 0.29) is 18.4 Å². The van der Waals surface area contributed by atoms with Crippen molar-refractivity contribution < 1.29 is 13.6 Å². The molecule has 0 aromatic heterocycles. The molecule has 3 atom stereocenters. The molecule has 3 unspecified atom stereocenters. The van der Waals surface area contributed by atoms with Gasteiger partial charge in [-0.05, 0) is 19.3 Å². The summed E-state index contributed by atoms with van der Waals surface area (Å²) in [4.78, 5) is 13.2. The van der Waals surface area contributed by atoms with E-state index in [1.807, 2.05) is 20.8 Å². The lowest BCUT2D eigenvalue weighted by Crippen LogP contribution is -2.37. The van der Waals surface area contributed by atoms with Crippen LogP contribution < -0.4 is 0 Å². The Hall–Kier alpha value is -0.670. The highest BCUT2D eigenvalue weighted by Gasteiger charge is 2.62. The standard InChI is InChI=1S/C10H15F2NO.C2H6/c1-6-3-4-13(7(6)2)9(14)8-5-10(8,11)12;1-2/h6-8H,3-5H2,1-2H3;1-2H3. The lowest BCUT2D eigenvalue weighted by atomic mass is 10.1. The van der Waals surface area contributed by atoms with Crippen LogP contribution in [0.15, 0.2) is 0 Å². The number of hydrogen-bond donors (Lipinski definition) is 0. The van der Waals surface area contributed by atoms with Gasteiger partial charge in [-0.15, -0.1) is 0 Å². The van der Waals surface area contributed by atoms with E-state index in [2.05, 4.69) is 6.92 Å². The van der Waals surface area contributed by atoms with Gasteiger partial charge in [0.1, 0.15) is 5.92 Å². The van der Waals surface area contributed by atoms with E-state index < -0.39 is 11.8 Å². The highest BCUT2D eigenvalue weighted by atomic mass is 19.3. The zero-order valence-electron chi connectivity index (χ0n) is 10.5. The summed E-state index contributed by atoms with van der Waals surface area (Å²) in [5.41, 5.74) is 0. The Balaban J connectivity index is 0.000000606. The van der Waals surface area contributed by atoms with Crippen molar-refractivity contribution in [3.63, 3.8) is 0 Å². The highest BCUT2D eigenvalue weighted by Crippen LogP contribution is 2.50. The van der Waals surface area contributed by atoms with Crippen molar-refractivity contribution in [2.45, 2.75) is 52.5 Å². The number of hydrogen-bond acceptors (Lipinski definition) is 1. The van der Waals surface area contributed by atoms with Gasteiger partial charge in [-0.2, -0.15) is 0 Å². The third kappa shape index (κ3) is 2.36. The average Bonchev–Trinajstić information content (AvgIpc) is 2.77. The molecule has 1 aliphatic heterocycles. The fourth-order valence-electron chi connectivity index (χ4n) is 2.09. The molecule has 2 fully saturated rings. The molecule has 2 nitrogen and oxygen atoms in total. The van der Waals surface area contributed by atoms with Crippen LogP contribution in [0.3, 0.4) is 0 Å². The Bertz CT molecular complexity index is 268. The van der Waals surface area contributed by atoms with E-state index in [1.165, 1.54) is 0 Å². The molecule has 16 heavy (non-hydrogen) atoms. The van der Waals surface area contributed by atoms with E-state index in [1.54, 1.807) is 4.90 Å². The van der Waals surface area contributed by atoms with Gasteiger partial charge in [0.25, 0.3) is 5.92 Å². The van der Waals surface area contributed by atoms with Crippen molar-refractivity contribution in [2.24, 2.45) is 11.8 Å². The van der Waals surface area contributed by atoms with Gasteiger partial charge in [0.15, 0.2) is 0 Å². The number of rotatable bonds is 1. The normalized spacial score (nSPS) is 35.4.